The van der Waals surface area contributed by atoms with Crippen LogP contribution in [0.25, 0.3) is 0 Å². The van der Waals surface area contributed by atoms with Gasteiger partial charge in [0.25, 0.3) is 0 Å². The molecule has 0 saturated carbocycles. The van der Waals surface area contributed by atoms with Crippen LogP contribution in [0.5, 0.6) is 0 Å². The molecule has 1 aliphatic heterocycles. The highest BCUT2D eigenvalue weighted by molar-refractivity contribution is 5.87. The first-order chi connectivity index (χ1) is 9.08. The molecule has 2 atom stereocenters. The van der Waals surface area contributed by atoms with Crippen molar-refractivity contribution in [1.29, 1.82) is 0 Å². The van der Waals surface area contributed by atoms with Gasteiger partial charge in [0.2, 0.25) is 5.91 Å². The van der Waals surface area contributed by atoms with Crippen molar-refractivity contribution in [2.75, 3.05) is 6.54 Å². The van der Waals surface area contributed by atoms with Crippen molar-refractivity contribution in [3.8, 4) is 0 Å². The molecule has 0 spiro atoms. The van der Waals surface area contributed by atoms with Crippen molar-refractivity contribution < 1.29 is 14.7 Å². The number of aromatic nitrogens is 2. The fourth-order valence-electron chi connectivity index (χ4n) is 2.68. The number of hydrogen-bond donors (Lipinski definition) is 1. The number of aryl methyl sites for hydroxylation is 1. The van der Waals surface area contributed by atoms with Crippen LogP contribution in [0.3, 0.4) is 0 Å². The summed E-state index contributed by atoms with van der Waals surface area (Å²) in [5, 5.41) is 13.5. The second-order valence-electron chi connectivity index (χ2n) is 4.81. The lowest BCUT2D eigenvalue weighted by Crippen LogP contribution is -2.30. The van der Waals surface area contributed by atoms with Gasteiger partial charge in [-0.25, -0.2) is 0 Å². The van der Waals surface area contributed by atoms with E-state index in [1.54, 1.807) is 15.8 Å². The molecule has 0 bridgehead atoms. The number of nitrogens with zero attached hydrogens (tertiary/aromatic N) is 3. The van der Waals surface area contributed by atoms with Gasteiger partial charge < -0.3 is 10.0 Å². The number of aliphatic carboxylic acids is 1. The van der Waals surface area contributed by atoms with Gasteiger partial charge in [-0.2, -0.15) is 5.10 Å². The van der Waals surface area contributed by atoms with Gasteiger partial charge in [0.15, 0.2) is 0 Å². The molecule has 1 aromatic heterocycles. The molecule has 6 nitrogen and oxygen atoms in total. The molecule has 1 amide bonds. The summed E-state index contributed by atoms with van der Waals surface area (Å²) in [6.07, 6.45) is 4.57. The monoisotopic (exact) mass is 265 g/mol. The third-order valence-electron chi connectivity index (χ3n) is 3.54. The standard InChI is InChI=1S/C13H19N3O3/c1-3-5-15-8-9(7-14-15)12-10(13(18)19)6-11(17)16(12)4-2/h7-8,10,12H,3-6H2,1-2H3,(H,18,19). The molecule has 1 saturated heterocycles. The van der Waals surface area contributed by atoms with Crippen molar-refractivity contribution in [3.63, 3.8) is 0 Å². The number of carboxylic acids is 1. The predicted molar refractivity (Wildman–Crippen MR) is 68.4 cm³/mol. The Balaban J connectivity index is 2.31. The fourth-order valence-corrected chi connectivity index (χ4v) is 2.68. The summed E-state index contributed by atoms with van der Waals surface area (Å²) < 4.78 is 1.80. The van der Waals surface area contributed by atoms with Crippen LogP contribution in [0.1, 0.15) is 38.3 Å². The Hall–Kier alpha value is -1.85. The van der Waals surface area contributed by atoms with Crippen molar-refractivity contribution in [2.45, 2.75) is 39.3 Å². The molecule has 6 heteroatoms. The van der Waals surface area contributed by atoms with E-state index in [2.05, 4.69) is 12.0 Å². The number of carbonyl (C=O) groups excluding carboxylic acids is 1. The summed E-state index contributed by atoms with van der Waals surface area (Å²) in [6.45, 7) is 5.24. The van der Waals surface area contributed by atoms with E-state index in [9.17, 15) is 14.7 Å². The van der Waals surface area contributed by atoms with Gasteiger partial charge in [0, 0.05) is 31.3 Å². The first-order valence-electron chi connectivity index (χ1n) is 6.63. The van der Waals surface area contributed by atoms with Crippen molar-refractivity contribution in [3.05, 3.63) is 18.0 Å². The van der Waals surface area contributed by atoms with E-state index < -0.39 is 11.9 Å². The Labute approximate surface area is 112 Å². The summed E-state index contributed by atoms with van der Waals surface area (Å²) in [7, 11) is 0. The van der Waals surface area contributed by atoms with Crippen LogP contribution >= 0.6 is 0 Å². The van der Waals surface area contributed by atoms with Crippen LogP contribution in [0, 0.1) is 5.92 Å². The van der Waals surface area contributed by atoms with E-state index in [-0.39, 0.29) is 18.4 Å². The second kappa shape index (κ2) is 5.42. The van der Waals surface area contributed by atoms with Crippen LogP contribution in [0.4, 0.5) is 0 Å². The number of carbonyl (C=O) groups is 2. The molecule has 19 heavy (non-hydrogen) atoms. The molecule has 0 aromatic carbocycles. The van der Waals surface area contributed by atoms with Gasteiger partial charge in [0.1, 0.15) is 0 Å². The maximum atomic E-state index is 11.9. The van der Waals surface area contributed by atoms with E-state index >= 15 is 0 Å². The van der Waals surface area contributed by atoms with E-state index in [1.165, 1.54) is 0 Å². The van der Waals surface area contributed by atoms with Crippen LogP contribution in [0.2, 0.25) is 0 Å². The average molecular weight is 265 g/mol. The maximum absolute atomic E-state index is 11.9. The highest BCUT2D eigenvalue weighted by Gasteiger charge is 2.44. The molecule has 104 valence electrons. The Morgan fingerprint density at radius 2 is 2.26 bits per heavy atom. The summed E-state index contributed by atoms with van der Waals surface area (Å²) in [5.74, 6) is -1.69. The van der Waals surface area contributed by atoms with Crippen molar-refractivity contribution >= 4 is 11.9 Å². The average Bonchev–Trinajstić information content (AvgIpc) is 2.93. The Bertz CT molecular complexity index is 483. The van der Waals surface area contributed by atoms with Gasteiger partial charge in [-0.05, 0) is 13.3 Å². The molecule has 1 N–H and O–H groups in total. The van der Waals surface area contributed by atoms with E-state index in [0.29, 0.717) is 6.54 Å². The van der Waals surface area contributed by atoms with Crippen LogP contribution in [-0.2, 0) is 16.1 Å². The summed E-state index contributed by atoms with van der Waals surface area (Å²) in [6, 6.07) is -0.388. The molecule has 0 radical (unpaired) electrons. The normalized spacial score (nSPS) is 23.1. The SMILES string of the molecule is CCCn1cc(C2C(C(=O)O)CC(=O)N2CC)cn1. The highest BCUT2D eigenvalue weighted by atomic mass is 16.4. The molecular weight excluding hydrogens is 246 g/mol. The zero-order valence-electron chi connectivity index (χ0n) is 11.2. The minimum atomic E-state index is -0.919. The lowest BCUT2D eigenvalue weighted by Gasteiger charge is -2.24. The molecule has 0 aliphatic carbocycles. The van der Waals surface area contributed by atoms with Gasteiger partial charge in [-0.1, -0.05) is 6.92 Å². The first-order valence-corrected chi connectivity index (χ1v) is 6.63. The number of rotatable bonds is 5. The quantitative estimate of drug-likeness (QED) is 0.870. The Morgan fingerprint density at radius 1 is 1.53 bits per heavy atom. The molecular formula is C13H19N3O3. The van der Waals surface area contributed by atoms with Crippen molar-refractivity contribution in [1.82, 2.24) is 14.7 Å². The number of hydrogen-bond acceptors (Lipinski definition) is 3. The summed E-state index contributed by atoms with van der Waals surface area (Å²) in [4.78, 5) is 24.8. The predicted octanol–water partition coefficient (Wildman–Crippen LogP) is 1.29. The van der Waals surface area contributed by atoms with Crippen LogP contribution in [-0.4, -0.2) is 38.2 Å². The maximum Gasteiger partial charge on any atom is 0.309 e. The molecule has 2 rings (SSSR count). The Kier molecular flexibility index (Phi) is 3.87. The topological polar surface area (TPSA) is 75.4 Å². The Morgan fingerprint density at radius 3 is 2.84 bits per heavy atom. The lowest BCUT2D eigenvalue weighted by atomic mass is 9.96. The van der Waals surface area contributed by atoms with Gasteiger partial charge in [0.05, 0.1) is 18.2 Å². The first kappa shape index (κ1) is 13.6. The number of likely N-dealkylation sites (tertiary alicyclic amines) is 1. The zero-order valence-corrected chi connectivity index (χ0v) is 11.2. The van der Waals surface area contributed by atoms with Crippen LogP contribution < -0.4 is 0 Å². The third kappa shape index (κ3) is 2.47. The molecule has 2 heterocycles. The molecule has 2 unspecified atom stereocenters. The second-order valence-corrected chi connectivity index (χ2v) is 4.81. The lowest BCUT2D eigenvalue weighted by molar-refractivity contribution is -0.142. The van der Waals surface area contributed by atoms with Crippen LogP contribution in [0.15, 0.2) is 12.4 Å². The summed E-state index contributed by atoms with van der Waals surface area (Å²) >= 11 is 0. The molecule has 1 fully saturated rings. The zero-order chi connectivity index (χ0) is 14.0. The minimum Gasteiger partial charge on any atom is -0.481 e. The molecule has 1 aromatic rings. The van der Waals surface area contributed by atoms with E-state index in [1.807, 2.05) is 13.1 Å². The largest absolute Gasteiger partial charge is 0.481 e. The number of carboxylic acid groups (broad SMARTS) is 1. The van der Waals surface area contributed by atoms with Gasteiger partial charge in [-0.3, -0.25) is 14.3 Å². The summed E-state index contributed by atoms with van der Waals surface area (Å²) in [5.41, 5.74) is 0.813. The van der Waals surface area contributed by atoms with Gasteiger partial charge in [-0.15, -0.1) is 0 Å². The minimum absolute atomic E-state index is 0.0762. The third-order valence-corrected chi connectivity index (χ3v) is 3.54. The van der Waals surface area contributed by atoms with Crippen molar-refractivity contribution in [2.24, 2.45) is 5.92 Å². The smallest absolute Gasteiger partial charge is 0.309 e. The van der Waals surface area contributed by atoms with E-state index in [4.69, 9.17) is 0 Å². The number of amides is 1. The van der Waals surface area contributed by atoms with E-state index in [0.717, 1.165) is 18.5 Å². The van der Waals surface area contributed by atoms with Gasteiger partial charge >= 0.3 is 5.97 Å². The molecule has 1 aliphatic rings. The highest BCUT2D eigenvalue weighted by Crippen LogP contribution is 2.37. The fraction of sp³-hybridized carbons (Fsp3) is 0.615.